The van der Waals surface area contributed by atoms with Crippen LogP contribution in [0, 0.1) is 12.7 Å². The van der Waals surface area contributed by atoms with E-state index in [0.717, 1.165) is 22.0 Å². The van der Waals surface area contributed by atoms with Gasteiger partial charge in [0.25, 0.3) is 11.8 Å². The SMILES string of the molecule is Cc1nn(C)c2sc(C(=O)NC34CC(NC(=O)COc5ccc(Cl)c(F)c5)(C3)C4)cc12. The molecule has 10 heteroatoms. The van der Waals surface area contributed by atoms with Crippen LogP contribution in [0.2, 0.25) is 5.02 Å². The van der Waals surface area contributed by atoms with Crippen LogP contribution in [0.4, 0.5) is 4.39 Å². The van der Waals surface area contributed by atoms with E-state index in [1.165, 1.54) is 23.5 Å². The Morgan fingerprint density at radius 1 is 1.26 bits per heavy atom. The number of rotatable bonds is 6. The van der Waals surface area contributed by atoms with Gasteiger partial charge in [-0.1, -0.05) is 11.6 Å². The van der Waals surface area contributed by atoms with Crippen molar-refractivity contribution in [3.8, 4) is 5.75 Å². The van der Waals surface area contributed by atoms with Gasteiger partial charge < -0.3 is 15.4 Å². The molecule has 0 atom stereocenters. The minimum Gasteiger partial charge on any atom is -0.484 e. The van der Waals surface area contributed by atoms with Gasteiger partial charge in [0.1, 0.15) is 16.4 Å². The molecule has 0 spiro atoms. The fourth-order valence-corrected chi connectivity index (χ4v) is 5.86. The Hall–Kier alpha value is -2.65. The average Bonchev–Trinajstić information content (AvgIpc) is 3.21. The van der Waals surface area contributed by atoms with Gasteiger partial charge in [-0.25, -0.2) is 4.39 Å². The lowest BCUT2D eigenvalue weighted by atomic mass is 9.44. The number of aryl methyl sites for hydroxylation is 2. The van der Waals surface area contributed by atoms with E-state index in [2.05, 4.69) is 15.7 Å². The highest BCUT2D eigenvalue weighted by atomic mass is 35.5. The van der Waals surface area contributed by atoms with Gasteiger partial charge in [-0.05, 0) is 44.4 Å². The van der Waals surface area contributed by atoms with Gasteiger partial charge in [0, 0.05) is 29.6 Å². The molecule has 3 fully saturated rings. The first kappa shape index (κ1) is 20.3. The van der Waals surface area contributed by atoms with E-state index in [4.69, 9.17) is 16.3 Å². The van der Waals surface area contributed by atoms with Crippen LogP contribution >= 0.6 is 22.9 Å². The Labute approximate surface area is 186 Å². The number of thiophene rings is 1. The van der Waals surface area contributed by atoms with Crippen molar-refractivity contribution in [2.75, 3.05) is 6.61 Å². The number of benzene rings is 1. The van der Waals surface area contributed by atoms with Crippen LogP contribution in [0.5, 0.6) is 5.75 Å². The van der Waals surface area contributed by atoms with Crippen LogP contribution in [0.3, 0.4) is 0 Å². The van der Waals surface area contributed by atoms with E-state index in [9.17, 15) is 14.0 Å². The van der Waals surface area contributed by atoms with Crippen molar-refractivity contribution < 1.29 is 18.7 Å². The number of aromatic nitrogens is 2. The number of carbonyl (C=O) groups excluding carboxylic acids is 2. The molecule has 31 heavy (non-hydrogen) atoms. The van der Waals surface area contributed by atoms with Crippen molar-refractivity contribution in [2.45, 2.75) is 37.3 Å². The Morgan fingerprint density at radius 3 is 2.65 bits per heavy atom. The third-order valence-electron chi connectivity index (χ3n) is 5.99. The fraction of sp³-hybridized carbons (Fsp3) is 0.381. The molecular weight excluding hydrogens is 443 g/mol. The monoisotopic (exact) mass is 462 g/mol. The summed E-state index contributed by atoms with van der Waals surface area (Å²) in [6.45, 7) is 1.72. The summed E-state index contributed by atoms with van der Waals surface area (Å²) in [7, 11) is 1.87. The summed E-state index contributed by atoms with van der Waals surface area (Å²) < 4.78 is 20.6. The largest absolute Gasteiger partial charge is 0.484 e. The summed E-state index contributed by atoms with van der Waals surface area (Å²) in [5.41, 5.74) is 0.358. The molecular formula is C21H20ClFN4O3S. The molecule has 1 aromatic carbocycles. The van der Waals surface area contributed by atoms with Crippen LogP contribution in [0.15, 0.2) is 24.3 Å². The van der Waals surface area contributed by atoms with Crippen molar-refractivity contribution in [3.63, 3.8) is 0 Å². The molecule has 2 bridgehead atoms. The summed E-state index contributed by atoms with van der Waals surface area (Å²) in [4.78, 5) is 26.6. The maximum Gasteiger partial charge on any atom is 0.261 e. The number of hydrogen-bond donors (Lipinski definition) is 2. The summed E-state index contributed by atoms with van der Waals surface area (Å²) >= 11 is 7.06. The van der Waals surface area contributed by atoms with Crippen molar-refractivity contribution >= 4 is 45.0 Å². The average molecular weight is 463 g/mol. The zero-order chi connectivity index (χ0) is 22.0. The number of carbonyl (C=O) groups is 2. The van der Waals surface area contributed by atoms with Crippen molar-refractivity contribution in [2.24, 2.45) is 7.05 Å². The molecule has 162 valence electrons. The van der Waals surface area contributed by atoms with Gasteiger partial charge in [-0.15, -0.1) is 11.3 Å². The van der Waals surface area contributed by atoms with Gasteiger partial charge in [-0.3, -0.25) is 14.3 Å². The number of ether oxygens (including phenoxy) is 1. The smallest absolute Gasteiger partial charge is 0.261 e. The van der Waals surface area contributed by atoms with Crippen molar-refractivity contribution in [1.82, 2.24) is 20.4 Å². The third kappa shape index (κ3) is 3.45. The highest BCUT2D eigenvalue weighted by Crippen LogP contribution is 2.60. The second-order valence-electron chi connectivity index (χ2n) is 8.50. The van der Waals surface area contributed by atoms with Crippen LogP contribution in [0.25, 0.3) is 10.2 Å². The molecule has 2 heterocycles. The van der Waals surface area contributed by atoms with Gasteiger partial charge in [-0.2, -0.15) is 5.10 Å². The molecule has 0 radical (unpaired) electrons. The molecule has 3 aliphatic rings. The Morgan fingerprint density at radius 2 is 1.97 bits per heavy atom. The molecule has 0 aliphatic heterocycles. The van der Waals surface area contributed by atoms with Gasteiger partial charge >= 0.3 is 0 Å². The lowest BCUT2D eigenvalue weighted by Gasteiger charge is -2.70. The molecule has 3 aliphatic carbocycles. The molecule has 0 saturated heterocycles. The van der Waals surface area contributed by atoms with Crippen molar-refractivity contribution in [3.05, 3.63) is 45.7 Å². The maximum atomic E-state index is 13.4. The number of nitrogens with one attached hydrogen (secondary N) is 2. The minimum atomic E-state index is -0.596. The van der Waals surface area contributed by atoms with Gasteiger partial charge in [0.15, 0.2) is 6.61 Å². The van der Waals surface area contributed by atoms with E-state index in [-0.39, 0.29) is 40.3 Å². The standard InChI is InChI=1S/C21H20ClFN4O3S/c1-11-13-6-16(31-19(13)27(2)26-11)18(29)25-21-8-20(9-21,10-21)24-17(28)7-30-12-3-4-14(22)15(23)5-12/h3-6H,7-10H2,1-2H3,(H,24,28)(H,25,29). The van der Waals surface area contributed by atoms with Crippen LogP contribution in [-0.4, -0.2) is 39.3 Å². The zero-order valence-electron chi connectivity index (χ0n) is 16.9. The summed E-state index contributed by atoms with van der Waals surface area (Å²) in [6, 6.07) is 5.92. The minimum absolute atomic E-state index is 0.000428. The first-order valence-electron chi connectivity index (χ1n) is 9.82. The van der Waals surface area contributed by atoms with E-state index >= 15 is 0 Å². The van der Waals surface area contributed by atoms with Crippen LogP contribution in [0.1, 0.15) is 34.6 Å². The van der Waals surface area contributed by atoms with E-state index < -0.39 is 5.82 Å². The highest BCUT2D eigenvalue weighted by Gasteiger charge is 2.69. The molecule has 3 saturated carbocycles. The number of halogens is 2. The van der Waals surface area contributed by atoms with Gasteiger partial charge in [0.2, 0.25) is 0 Å². The number of amides is 2. The Balaban J connectivity index is 1.13. The Kier molecular flexibility index (Phi) is 4.53. The second kappa shape index (κ2) is 6.93. The summed E-state index contributed by atoms with van der Waals surface area (Å²) in [5, 5.41) is 11.5. The predicted molar refractivity (Wildman–Crippen MR) is 115 cm³/mol. The van der Waals surface area contributed by atoms with E-state index in [0.29, 0.717) is 24.1 Å². The van der Waals surface area contributed by atoms with E-state index in [1.54, 1.807) is 4.68 Å². The molecule has 2 aromatic heterocycles. The Bertz CT molecular complexity index is 1180. The lowest BCUT2D eigenvalue weighted by molar-refractivity contribution is -0.141. The fourth-order valence-electron chi connectivity index (χ4n) is 4.72. The zero-order valence-corrected chi connectivity index (χ0v) is 18.5. The molecule has 6 rings (SSSR count). The molecule has 7 nitrogen and oxygen atoms in total. The highest BCUT2D eigenvalue weighted by molar-refractivity contribution is 7.20. The van der Waals surface area contributed by atoms with E-state index in [1.807, 2.05) is 20.0 Å². The molecule has 3 aromatic rings. The number of hydrogen-bond acceptors (Lipinski definition) is 5. The number of nitrogens with zero attached hydrogens (tertiary/aromatic N) is 2. The first-order valence-corrected chi connectivity index (χ1v) is 11.0. The number of fused-ring (bicyclic) bond motifs is 1. The molecule has 2 N–H and O–H groups in total. The second-order valence-corrected chi connectivity index (χ2v) is 9.93. The quantitative estimate of drug-likeness (QED) is 0.588. The lowest BCUT2D eigenvalue weighted by Crippen LogP contribution is -2.84. The summed E-state index contributed by atoms with van der Waals surface area (Å²) in [6.07, 6.45) is 2.08. The molecule has 2 amide bonds. The molecule has 0 unspecified atom stereocenters. The third-order valence-corrected chi connectivity index (χ3v) is 7.50. The predicted octanol–water partition coefficient (Wildman–Crippen LogP) is 3.34. The topological polar surface area (TPSA) is 85.3 Å². The van der Waals surface area contributed by atoms with Crippen LogP contribution in [-0.2, 0) is 11.8 Å². The summed E-state index contributed by atoms with van der Waals surface area (Å²) in [5.74, 6) is -0.718. The van der Waals surface area contributed by atoms with Gasteiger partial charge in [0.05, 0.1) is 15.6 Å². The van der Waals surface area contributed by atoms with Crippen LogP contribution < -0.4 is 15.4 Å². The first-order chi connectivity index (χ1) is 14.7. The normalized spacial score (nSPS) is 23.7. The maximum absolute atomic E-state index is 13.4. The van der Waals surface area contributed by atoms with Crippen molar-refractivity contribution in [1.29, 1.82) is 0 Å².